The first-order chi connectivity index (χ1) is 15.7. The molecule has 1 unspecified atom stereocenters. The molecule has 2 heterocycles. The third-order valence-corrected chi connectivity index (χ3v) is 7.43. The minimum Gasteiger partial charge on any atom is -0.379 e. The molecule has 1 amide bonds. The van der Waals surface area contributed by atoms with Crippen molar-refractivity contribution >= 4 is 21.3 Å². The quantitative estimate of drug-likeness (QED) is 0.474. The highest BCUT2D eigenvalue weighted by atomic mass is 32.2. The lowest BCUT2D eigenvalue weighted by Crippen LogP contribution is -2.48. The SMILES string of the molecule is CS(=O)(=O)c1ccc(C2=CCN(C(=O)C3=CC([N+](=O)[O-])=CCC3N3CCOCC3)CC2)cc1. The lowest BCUT2D eigenvalue weighted by Gasteiger charge is -2.37. The molecule has 3 aliphatic rings. The van der Waals surface area contributed by atoms with E-state index in [-0.39, 0.29) is 22.5 Å². The number of sulfone groups is 1. The first-order valence-corrected chi connectivity index (χ1v) is 12.8. The summed E-state index contributed by atoms with van der Waals surface area (Å²) in [6, 6.07) is 6.56. The number of benzene rings is 1. The number of amides is 1. The smallest absolute Gasteiger partial charge is 0.266 e. The van der Waals surface area contributed by atoms with Gasteiger partial charge in [-0.3, -0.25) is 19.8 Å². The molecule has 1 aliphatic carbocycles. The van der Waals surface area contributed by atoms with Crippen molar-refractivity contribution < 1.29 is 22.9 Å². The third-order valence-electron chi connectivity index (χ3n) is 6.31. The first kappa shape index (κ1) is 23.3. The number of morpholine rings is 1. The monoisotopic (exact) mass is 473 g/mol. The van der Waals surface area contributed by atoms with Gasteiger partial charge in [0.2, 0.25) is 0 Å². The average molecular weight is 474 g/mol. The molecule has 176 valence electrons. The summed E-state index contributed by atoms with van der Waals surface area (Å²) in [6.45, 7) is 3.42. The molecular formula is C23H27N3O6S. The second-order valence-corrected chi connectivity index (χ2v) is 10.4. The summed E-state index contributed by atoms with van der Waals surface area (Å²) in [5.74, 6) is -0.179. The molecule has 0 spiro atoms. The predicted octanol–water partition coefficient (Wildman–Crippen LogP) is 1.90. The zero-order valence-electron chi connectivity index (χ0n) is 18.5. The fraction of sp³-hybridized carbons (Fsp3) is 0.435. The van der Waals surface area contributed by atoms with Crippen molar-refractivity contribution in [3.63, 3.8) is 0 Å². The number of hydrogen-bond donors (Lipinski definition) is 0. The van der Waals surface area contributed by atoms with Crippen LogP contribution in [0.25, 0.3) is 5.57 Å². The van der Waals surface area contributed by atoms with Crippen LogP contribution in [0.4, 0.5) is 0 Å². The van der Waals surface area contributed by atoms with Gasteiger partial charge in [0.25, 0.3) is 11.6 Å². The number of carbonyl (C=O) groups is 1. The van der Waals surface area contributed by atoms with E-state index < -0.39 is 14.8 Å². The van der Waals surface area contributed by atoms with Crippen LogP contribution in [0, 0.1) is 10.1 Å². The summed E-state index contributed by atoms with van der Waals surface area (Å²) in [5, 5.41) is 11.4. The van der Waals surface area contributed by atoms with Crippen LogP contribution < -0.4 is 0 Å². The Labute approximate surface area is 193 Å². The molecule has 0 radical (unpaired) electrons. The maximum Gasteiger partial charge on any atom is 0.266 e. The maximum absolute atomic E-state index is 13.4. The van der Waals surface area contributed by atoms with E-state index in [0.717, 1.165) is 11.1 Å². The van der Waals surface area contributed by atoms with Gasteiger partial charge in [-0.2, -0.15) is 0 Å². The molecule has 10 heteroatoms. The fourth-order valence-corrected chi connectivity index (χ4v) is 5.09. The van der Waals surface area contributed by atoms with E-state index in [0.29, 0.717) is 57.8 Å². The van der Waals surface area contributed by atoms with E-state index in [1.54, 1.807) is 35.2 Å². The van der Waals surface area contributed by atoms with Crippen molar-refractivity contribution in [2.45, 2.75) is 23.8 Å². The van der Waals surface area contributed by atoms with Crippen LogP contribution >= 0.6 is 0 Å². The molecule has 1 aromatic rings. The Bertz CT molecular complexity index is 1130. The summed E-state index contributed by atoms with van der Waals surface area (Å²) in [5.41, 5.74) is 2.39. The summed E-state index contributed by atoms with van der Waals surface area (Å²) in [6.07, 6.45) is 7.20. The average Bonchev–Trinajstić information content (AvgIpc) is 2.83. The van der Waals surface area contributed by atoms with Gasteiger partial charge < -0.3 is 9.64 Å². The van der Waals surface area contributed by atoms with E-state index in [9.17, 15) is 23.3 Å². The summed E-state index contributed by atoms with van der Waals surface area (Å²) >= 11 is 0. The highest BCUT2D eigenvalue weighted by Crippen LogP contribution is 2.29. The Morgan fingerprint density at radius 2 is 1.82 bits per heavy atom. The molecular weight excluding hydrogens is 446 g/mol. The van der Waals surface area contributed by atoms with Crippen molar-refractivity contribution in [2.24, 2.45) is 0 Å². The molecule has 0 N–H and O–H groups in total. The van der Waals surface area contributed by atoms with E-state index in [1.807, 2.05) is 6.08 Å². The predicted molar refractivity (Wildman–Crippen MR) is 123 cm³/mol. The molecule has 1 atom stereocenters. The topological polar surface area (TPSA) is 110 Å². The van der Waals surface area contributed by atoms with Crippen LogP contribution in [0.15, 0.2) is 58.7 Å². The van der Waals surface area contributed by atoms with Gasteiger partial charge >= 0.3 is 0 Å². The molecule has 0 aromatic heterocycles. The normalized spacial score (nSPS) is 22.3. The van der Waals surface area contributed by atoms with Crippen molar-refractivity contribution in [2.75, 3.05) is 45.6 Å². The molecule has 9 nitrogen and oxygen atoms in total. The van der Waals surface area contributed by atoms with Crippen LogP contribution in [-0.4, -0.2) is 80.7 Å². The molecule has 0 bridgehead atoms. The molecule has 2 aliphatic heterocycles. The van der Waals surface area contributed by atoms with Gasteiger partial charge in [-0.15, -0.1) is 0 Å². The Kier molecular flexibility index (Phi) is 6.78. The molecule has 1 fully saturated rings. The number of rotatable bonds is 5. The number of nitro groups is 1. The van der Waals surface area contributed by atoms with Crippen LogP contribution in [-0.2, 0) is 19.4 Å². The first-order valence-electron chi connectivity index (χ1n) is 10.9. The number of hydrogen-bond acceptors (Lipinski definition) is 7. The molecule has 1 aromatic carbocycles. The van der Waals surface area contributed by atoms with Gasteiger partial charge in [0.1, 0.15) is 0 Å². The number of allylic oxidation sites excluding steroid dienone is 1. The van der Waals surface area contributed by atoms with Crippen LogP contribution in [0.3, 0.4) is 0 Å². The van der Waals surface area contributed by atoms with Crippen molar-refractivity contribution in [3.05, 3.63) is 69.4 Å². The standard InChI is InChI=1S/C23H27N3O6S/c1-33(30,31)20-5-2-17(3-6-20)18-8-10-25(11-9-18)23(27)21-16-19(26(28)29)4-7-22(21)24-12-14-32-15-13-24/h2-6,8,16,22H,7,9-15H2,1H3. The van der Waals surface area contributed by atoms with Crippen molar-refractivity contribution in [3.8, 4) is 0 Å². The second kappa shape index (κ2) is 9.58. The largest absolute Gasteiger partial charge is 0.379 e. The van der Waals surface area contributed by atoms with Gasteiger partial charge in [-0.25, -0.2) is 8.42 Å². The van der Waals surface area contributed by atoms with Gasteiger partial charge in [0.15, 0.2) is 9.84 Å². The number of ether oxygens (including phenoxy) is 1. The lowest BCUT2D eigenvalue weighted by atomic mass is 9.93. The van der Waals surface area contributed by atoms with E-state index in [4.69, 9.17) is 4.74 Å². The minimum absolute atomic E-state index is 0.0398. The van der Waals surface area contributed by atoms with Crippen molar-refractivity contribution in [1.29, 1.82) is 0 Å². The van der Waals surface area contributed by atoms with E-state index in [1.165, 1.54) is 12.3 Å². The maximum atomic E-state index is 13.4. The van der Waals surface area contributed by atoms with Gasteiger partial charge in [-0.05, 0) is 42.2 Å². The Hall–Kier alpha value is -2.82. The Morgan fingerprint density at radius 3 is 2.39 bits per heavy atom. The molecule has 1 saturated heterocycles. The van der Waals surface area contributed by atoms with E-state index in [2.05, 4.69) is 4.90 Å². The van der Waals surface area contributed by atoms with Crippen molar-refractivity contribution in [1.82, 2.24) is 9.80 Å². The van der Waals surface area contributed by atoms with Gasteiger partial charge in [0, 0.05) is 50.1 Å². The van der Waals surface area contributed by atoms with Gasteiger partial charge in [-0.1, -0.05) is 18.2 Å². The third kappa shape index (κ3) is 5.23. The number of carbonyl (C=O) groups excluding carboxylic acids is 1. The molecule has 33 heavy (non-hydrogen) atoms. The summed E-state index contributed by atoms with van der Waals surface area (Å²) in [7, 11) is -3.25. The lowest BCUT2D eigenvalue weighted by molar-refractivity contribution is -0.419. The van der Waals surface area contributed by atoms with Crippen LogP contribution in [0.1, 0.15) is 18.4 Å². The highest BCUT2D eigenvalue weighted by molar-refractivity contribution is 7.90. The molecule has 0 saturated carbocycles. The fourth-order valence-electron chi connectivity index (χ4n) is 4.45. The van der Waals surface area contributed by atoms with E-state index >= 15 is 0 Å². The zero-order chi connectivity index (χ0) is 23.6. The van der Waals surface area contributed by atoms with Gasteiger partial charge in [0.05, 0.1) is 23.0 Å². The minimum atomic E-state index is -3.25. The highest BCUT2D eigenvalue weighted by Gasteiger charge is 2.34. The Balaban J connectivity index is 1.51. The Morgan fingerprint density at radius 1 is 1.12 bits per heavy atom. The van der Waals surface area contributed by atoms with Crippen LogP contribution in [0.2, 0.25) is 0 Å². The molecule has 4 rings (SSSR count). The number of nitrogens with zero attached hydrogens (tertiary/aromatic N) is 3. The summed E-state index contributed by atoms with van der Waals surface area (Å²) in [4.78, 5) is 28.5. The van der Waals surface area contributed by atoms with Crippen LogP contribution in [0.5, 0.6) is 0 Å². The summed E-state index contributed by atoms with van der Waals surface area (Å²) < 4.78 is 28.8. The second-order valence-electron chi connectivity index (χ2n) is 8.41. The zero-order valence-corrected chi connectivity index (χ0v) is 19.3.